The first-order chi connectivity index (χ1) is 8.36. The maximum atomic E-state index is 12.5. The van der Waals surface area contributed by atoms with Crippen LogP contribution < -0.4 is 5.32 Å². The highest BCUT2D eigenvalue weighted by atomic mass is 19.3. The van der Waals surface area contributed by atoms with Gasteiger partial charge in [-0.25, -0.2) is 13.6 Å². The van der Waals surface area contributed by atoms with Crippen molar-refractivity contribution in [3.05, 3.63) is 23.7 Å². The number of carbonyl (C=O) groups excluding carboxylic acids is 1. The summed E-state index contributed by atoms with van der Waals surface area (Å²) in [5.41, 5.74) is 0.120. The Kier molecular flexibility index (Phi) is 4.71. The molecule has 0 bridgehead atoms. The summed E-state index contributed by atoms with van der Waals surface area (Å²) in [5, 5.41) is 2.12. The Hall–Kier alpha value is -1.57. The molecular formula is C10H11F4NO3. The monoisotopic (exact) mass is 269 g/mol. The Balaban J connectivity index is 2.45. The summed E-state index contributed by atoms with van der Waals surface area (Å²) >= 11 is 0. The molecule has 1 rings (SSSR count). The smallest absolute Gasteiger partial charge is 0.341 e. The van der Waals surface area contributed by atoms with Crippen molar-refractivity contribution in [3.8, 4) is 0 Å². The zero-order valence-electron chi connectivity index (χ0n) is 9.38. The third-order valence-corrected chi connectivity index (χ3v) is 2.05. The lowest BCUT2D eigenvalue weighted by molar-refractivity contribution is -0.125. The van der Waals surface area contributed by atoms with E-state index in [0.717, 1.165) is 6.26 Å². The lowest BCUT2D eigenvalue weighted by Crippen LogP contribution is -2.38. The maximum absolute atomic E-state index is 12.5. The Morgan fingerprint density at radius 3 is 2.78 bits per heavy atom. The van der Waals surface area contributed by atoms with Gasteiger partial charge < -0.3 is 14.5 Å². The van der Waals surface area contributed by atoms with Gasteiger partial charge in [-0.15, -0.1) is 0 Å². The van der Waals surface area contributed by atoms with Gasteiger partial charge >= 0.3 is 18.3 Å². The van der Waals surface area contributed by atoms with Crippen molar-refractivity contribution >= 4 is 5.97 Å². The molecule has 0 radical (unpaired) electrons. The van der Waals surface area contributed by atoms with Crippen molar-refractivity contribution < 1.29 is 31.5 Å². The van der Waals surface area contributed by atoms with Crippen LogP contribution in [0, 0.1) is 0 Å². The van der Waals surface area contributed by atoms with Gasteiger partial charge in [-0.2, -0.15) is 8.78 Å². The van der Waals surface area contributed by atoms with E-state index < -0.39 is 24.9 Å². The van der Waals surface area contributed by atoms with E-state index in [1.807, 2.05) is 0 Å². The second kappa shape index (κ2) is 5.85. The molecule has 0 amide bonds. The average molecular weight is 269 g/mol. The summed E-state index contributed by atoms with van der Waals surface area (Å²) in [7, 11) is 1.18. The molecule has 0 aliphatic heterocycles. The molecule has 8 heteroatoms. The second-order valence-electron chi connectivity index (χ2n) is 3.46. The number of hydrogen-bond acceptors (Lipinski definition) is 4. The number of nitrogens with one attached hydrogen (secondary N) is 1. The Morgan fingerprint density at radius 1 is 1.56 bits per heavy atom. The van der Waals surface area contributed by atoms with Crippen molar-refractivity contribution in [2.24, 2.45) is 0 Å². The van der Waals surface area contributed by atoms with E-state index in [1.165, 1.54) is 13.2 Å². The van der Waals surface area contributed by atoms with Gasteiger partial charge in [0.2, 0.25) is 0 Å². The topological polar surface area (TPSA) is 51.5 Å². The largest absolute Gasteiger partial charge is 0.467 e. The predicted molar refractivity (Wildman–Crippen MR) is 52.7 cm³/mol. The molecule has 18 heavy (non-hydrogen) atoms. The first-order valence-electron chi connectivity index (χ1n) is 4.89. The fourth-order valence-electron chi connectivity index (χ4n) is 1.13. The molecular weight excluding hydrogens is 258 g/mol. The minimum atomic E-state index is -4.10. The summed E-state index contributed by atoms with van der Waals surface area (Å²) < 4.78 is 57.9. The summed E-state index contributed by atoms with van der Waals surface area (Å²) in [6.07, 6.45) is -2.64. The summed E-state index contributed by atoms with van der Waals surface area (Å²) in [6, 6.07) is 1.28. The quantitative estimate of drug-likeness (QED) is 0.634. The first-order valence-corrected chi connectivity index (χ1v) is 4.89. The lowest BCUT2D eigenvalue weighted by atomic mass is 10.3. The van der Waals surface area contributed by atoms with Crippen molar-refractivity contribution in [3.63, 3.8) is 0 Å². The number of furan rings is 1. The van der Waals surface area contributed by atoms with Crippen LogP contribution in [0.15, 0.2) is 16.7 Å². The van der Waals surface area contributed by atoms with Gasteiger partial charge in [0.15, 0.2) is 0 Å². The molecule has 0 aliphatic rings. The van der Waals surface area contributed by atoms with E-state index >= 15 is 0 Å². The normalized spacial score (nSPS) is 11.9. The number of methoxy groups -OCH3 is 1. The average Bonchev–Trinajstić information content (AvgIpc) is 2.76. The molecule has 4 nitrogen and oxygen atoms in total. The van der Waals surface area contributed by atoms with Crippen LogP contribution in [-0.2, 0) is 11.3 Å². The molecule has 0 saturated carbocycles. The maximum Gasteiger partial charge on any atom is 0.341 e. The molecule has 0 atom stereocenters. The number of carbonyl (C=O) groups is 1. The Morgan fingerprint density at radius 2 is 2.22 bits per heavy atom. The van der Waals surface area contributed by atoms with E-state index in [9.17, 15) is 22.4 Å². The van der Waals surface area contributed by atoms with Gasteiger partial charge in [-0.1, -0.05) is 0 Å². The third-order valence-electron chi connectivity index (χ3n) is 2.05. The predicted octanol–water partition coefficient (Wildman–Crippen LogP) is 2.06. The molecule has 0 saturated heterocycles. The number of hydrogen-bond donors (Lipinski definition) is 1. The first kappa shape index (κ1) is 14.5. The molecule has 0 unspecified atom stereocenters. The summed E-state index contributed by atoms with van der Waals surface area (Å²) in [5.74, 6) is -4.57. The zero-order valence-corrected chi connectivity index (χ0v) is 9.38. The number of rotatable bonds is 6. The van der Waals surface area contributed by atoms with Gasteiger partial charge in [-0.3, -0.25) is 0 Å². The minimum absolute atomic E-state index is 0.120. The van der Waals surface area contributed by atoms with Gasteiger partial charge in [-0.05, 0) is 6.07 Å². The van der Waals surface area contributed by atoms with E-state index in [-0.39, 0.29) is 17.9 Å². The van der Waals surface area contributed by atoms with Crippen LogP contribution in [0.3, 0.4) is 0 Å². The Labute approximate surface area is 99.9 Å². The van der Waals surface area contributed by atoms with E-state index in [2.05, 4.69) is 10.1 Å². The standard InChI is InChI=1S/C10H11F4NO3/c1-17-8(16)6-2-7(18-4-6)3-15-5-10(13,14)9(11)12/h2,4,9,15H,3,5H2,1H3. The number of halogens is 4. The summed E-state index contributed by atoms with van der Waals surface area (Å²) in [6.45, 7) is -1.38. The number of ether oxygens (including phenoxy) is 1. The van der Waals surface area contributed by atoms with Gasteiger partial charge in [0.1, 0.15) is 12.0 Å². The molecule has 0 aliphatic carbocycles. The summed E-state index contributed by atoms with van der Waals surface area (Å²) in [4.78, 5) is 11.0. The van der Waals surface area contributed by atoms with Crippen molar-refractivity contribution in [2.75, 3.05) is 13.7 Å². The van der Waals surface area contributed by atoms with Crippen LogP contribution in [0.25, 0.3) is 0 Å². The van der Waals surface area contributed by atoms with Crippen LogP contribution >= 0.6 is 0 Å². The zero-order chi connectivity index (χ0) is 13.8. The minimum Gasteiger partial charge on any atom is -0.467 e. The van der Waals surface area contributed by atoms with E-state index in [1.54, 1.807) is 0 Å². The van der Waals surface area contributed by atoms with Crippen LogP contribution in [0.5, 0.6) is 0 Å². The molecule has 1 aromatic heterocycles. The fraction of sp³-hybridized carbons (Fsp3) is 0.500. The van der Waals surface area contributed by atoms with Crippen LogP contribution in [0.1, 0.15) is 16.1 Å². The molecule has 1 heterocycles. The molecule has 1 N–H and O–H groups in total. The van der Waals surface area contributed by atoms with Gasteiger partial charge in [0, 0.05) is 0 Å². The van der Waals surface area contributed by atoms with Crippen molar-refractivity contribution in [2.45, 2.75) is 18.9 Å². The molecule has 0 spiro atoms. The molecule has 0 aromatic carbocycles. The van der Waals surface area contributed by atoms with Crippen molar-refractivity contribution in [1.29, 1.82) is 0 Å². The lowest BCUT2D eigenvalue weighted by Gasteiger charge is -2.14. The second-order valence-corrected chi connectivity index (χ2v) is 3.46. The third kappa shape index (κ3) is 3.73. The highest BCUT2D eigenvalue weighted by Crippen LogP contribution is 2.21. The van der Waals surface area contributed by atoms with Gasteiger partial charge in [0.05, 0.1) is 25.8 Å². The van der Waals surface area contributed by atoms with Crippen LogP contribution in [0.2, 0.25) is 0 Å². The number of alkyl halides is 4. The highest BCUT2D eigenvalue weighted by molar-refractivity contribution is 5.88. The van der Waals surface area contributed by atoms with Crippen molar-refractivity contribution in [1.82, 2.24) is 5.32 Å². The SMILES string of the molecule is COC(=O)c1coc(CNCC(F)(F)C(F)F)c1. The molecule has 0 fully saturated rings. The molecule has 1 aromatic rings. The van der Waals surface area contributed by atoms with E-state index in [4.69, 9.17) is 4.42 Å². The Bertz CT molecular complexity index is 406. The van der Waals surface area contributed by atoms with E-state index in [0.29, 0.717) is 0 Å². The number of esters is 1. The molecule has 102 valence electrons. The van der Waals surface area contributed by atoms with Crippen LogP contribution in [-0.4, -0.2) is 32.0 Å². The highest BCUT2D eigenvalue weighted by Gasteiger charge is 2.40. The van der Waals surface area contributed by atoms with Gasteiger partial charge in [0.25, 0.3) is 0 Å². The fourth-order valence-corrected chi connectivity index (χ4v) is 1.13. The van der Waals surface area contributed by atoms with Crippen LogP contribution in [0.4, 0.5) is 17.6 Å².